The van der Waals surface area contributed by atoms with Gasteiger partial charge >= 0.3 is 0 Å². The number of rotatable bonds is 4. The maximum absolute atomic E-state index is 12.8. The van der Waals surface area contributed by atoms with E-state index in [0.29, 0.717) is 5.56 Å². The molecule has 1 aromatic carbocycles. The van der Waals surface area contributed by atoms with E-state index < -0.39 is 7.26 Å². The van der Waals surface area contributed by atoms with Crippen LogP contribution in [-0.4, -0.2) is 30.6 Å². The van der Waals surface area contributed by atoms with E-state index in [4.69, 9.17) is 5.26 Å². The molecule has 0 aliphatic carbocycles. The van der Waals surface area contributed by atoms with Crippen molar-refractivity contribution < 1.29 is 4.79 Å². The molecule has 1 N–H and O–H groups in total. The van der Waals surface area contributed by atoms with Crippen LogP contribution < -0.4 is 5.32 Å². The zero-order valence-corrected chi connectivity index (χ0v) is 15.0. The van der Waals surface area contributed by atoms with E-state index >= 15 is 0 Å². The Hall–Kier alpha value is -1.39. The summed E-state index contributed by atoms with van der Waals surface area (Å²) in [6.07, 6.45) is 5.99. The van der Waals surface area contributed by atoms with Gasteiger partial charge in [-0.05, 0) is 56.4 Å². The van der Waals surface area contributed by atoms with Crippen molar-refractivity contribution in [1.82, 2.24) is 0 Å². The zero-order chi connectivity index (χ0) is 16.3. The van der Waals surface area contributed by atoms with Crippen molar-refractivity contribution in [2.45, 2.75) is 45.7 Å². The molecule has 118 valence electrons. The van der Waals surface area contributed by atoms with E-state index in [1.54, 1.807) is 0 Å². The summed E-state index contributed by atoms with van der Waals surface area (Å²) in [5.74, 6) is 0.177. The highest BCUT2D eigenvalue weighted by molar-refractivity contribution is 7.77. The number of aryl methyl sites for hydroxylation is 2. The van der Waals surface area contributed by atoms with Crippen molar-refractivity contribution in [3.63, 3.8) is 0 Å². The van der Waals surface area contributed by atoms with Crippen molar-refractivity contribution in [2.75, 3.05) is 24.3 Å². The van der Waals surface area contributed by atoms with Gasteiger partial charge in [0.2, 0.25) is 0 Å². The third kappa shape index (κ3) is 3.33. The highest BCUT2D eigenvalue weighted by Crippen LogP contribution is 2.65. The lowest BCUT2D eigenvalue weighted by molar-refractivity contribution is -0.115. The minimum atomic E-state index is -1.13. The Morgan fingerprint density at radius 1 is 1.32 bits per heavy atom. The van der Waals surface area contributed by atoms with Crippen molar-refractivity contribution in [3.05, 3.63) is 28.8 Å². The fourth-order valence-electron chi connectivity index (χ4n) is 3.71. The number of carbonyl (C=O) groups excluding carboxylic acids is 1. The molecule has 0 radical (unpaired) electrons. The maximum atomic E-state index is 12.8. The van der Waals surface area contributed by atoms with Crippen molar-refractivity contribution >= 4 is 18.9 Å². The highest BCUT2D eigenvalue weighted by atomic mass is 31.2. The molecule has 1 saturated heterocycles. The average Bonchev–Trinajstić information content (AvgIpc) is 2.90. The Kier molecular flexibility index (Phi) is 5.24. The molecule has 1 heterocycles. The third-order valence-electron chi connectivity index (χ3n) is 4.94. The highest BCUT2D eigenvalue weighted by Gasteiger charge is 2.46. The molecule has 0 bridgehead atoms. The van der Waals surface area contributed by atoms with Crippen LogP contribution in [0.4, 0.5) is 5.69 Å². The summed E-state index contributed by atoms with van der Waals surface area (Å²) in [5.41, 5.74) is 3.64. The molecule has 1 aromatic rings. The van der Waals surface area contributed by atoms with Crippen LogP contribution in [0, 0.1) is 25.2 Å². The van der Waals surface area contributed by atoms with Crippen LogP contribution in [0.5, 0.6) is 0 Å². The molecule has 4 heteroatoms. The zero-order valence-electron chi connectivity index (χ0n) is 14.1. The summed E-state index contributed by atoms with van der Waals surface area (Å²) in [5, 5.41) is 12.2. The Labute approximate surface area is 134 Å². The quantitative estimate of drug-likeness (QED) is 0.840. The molecule has 3 nitrogen and oxygen atoms in total. The first-order chi connectivity index (χ1) is 10.4. The molecular formula is C18H26N2OP+. The number of anilines is 1. The molecule has 1 unspecified atom stereocenters. The second-order valence-corrected chi connectivity index (χ2v) is 11.1. The minimum absolute atomic E-state index is 0.171. The van der Waals surface area contributed by atoms with Crippen LogP contribution in [0.3, 0.4) is 0 Å². The van der Waals surface area contributed by atoms with Crippen molar-refractivity contribution in [3.8, 4) is 6.07 Å². The fourth-order valence-corrected chi connectivity index (χ4v) is 7.96. The predicted molar refractivity (Wildman–Crippen MR) is 95.2 cm³/mol. The summed E-state index contributed by atoms with van der Waals surface area (Å²) in [6, 6.07) is 5.85. The maximum Gasteiger partial charge on any atom is 0.265 e. The van der Waals surface area contributed by atoms with Crippen LogP contribution in [0.15, 0.2) is 12.1 Å². The summed E-state index contributed by atoms with van der Waals surface area (Å²) >= 11 is 0. The second-order valence-electron chi connectivity index (χ2n) is 6.64. The lowest BCUT2D eigenvalue weighted by atomic mass is 10.0. The molecule has 0 aromatic heterocycles. The normalized spacial score (nSPS) is 17.8. The van der Waals surface area contributed by atoms with Gasteiger partial charge in [0.1, 0.15) is 5.66 Å². The SMILES string of the molecule is CCC(C(=O)Nc1c(C)cc(C#N)cc1C)[P+]1(C)CCCC1. The number of nitrogens with one attached hydrogen (secondary N) is 1. The number of benzene rings is 1. The summed E-state index contributed by atoms with van der Waals surface area (Å²) in [7, 11) is -1.13. The van der Waals surface area contributed by atoms with Gasteiger partial charge in [-0.1, -0.05) is 6.92 Å². The van der Waals surface area contributed by atoms with Crippen LogP contribution in [0.2, 0.25) is 0 Å². The number of nitriles is 1. The first-order valence-corrected chi connectivity index (χ1v) is 10.8. The number of hydrogen-bond acceptors (Lipinski definition) is 2. The topological polar surface area (TPSA) is 52.9 Å². The molecule has 1 aliphatic heterocycles. The van der Waals surface area contributed by atoms with Gasteiger partial charge < -0.3 is 5.32 Å². The van der Waals surface area contributed by atoms with Crippen LogP contribution in [-0.2, 0) is 4.79 Å². The fraction of sp³-hybridized carbons (Fsp3) is 0.556. The van der Waals surface area contributed by atoms with E-state index in [1.807, 2.05) is 26.0 Å². The summed E-state index contributed by atoms with van der Waals surface area (Å²) in [6.45, 7) is 8.41. The Bertz CT molecular complexity index is 589. The lowest BCUT2D eigenvalue weighted by Crippen LogP contribution is -2.31. The Balaban J connectivity index is 2.23. The van der Waals surface area contributed by atoms with E-state index in [0.717, 1.165) is 23.2 Å². The Morgan fingerprint density at radius 3 is 2.32 bits per heavy atom. The molecule has 22 heavy (non-hydrogen) atoms. The number of nitrogens with zero attached hydrogens (tertiary/aromatic N) is 1. The summed E-state index contributed by atoms with van der Waals surface area (Å²) < 4.78 is 0. The van der Waals surface area contributed by atoms with Gasteiger partial charge in [-0.2, -0.15) is 5.26 Å². The smallest absolute Gasteiger partial charge is 0.265 e. The molecule has 1 fully saturated rings. The summed E-state index contributed by atoms with van der Waals surface area (Å²) in [4.78, 5) is 12.8. The Morgan fingerprint density at radius 2 is 1.86 bits per heavy atom. The first-order valence-electron chi connectivity index (χ1n) is 8.07. The van der Waals surface area contributed by atoms with Gasteiger partial charge in [0.25, 0.3) is 5.91 Å². The lowest BCUT2D eigenvalue weighted by Gasteiger charge is -2.26. The molecule has 0 spiro atoms. The van der Waals surface area contributed by atoms with Gasteiger partial charge in [0, 0.05) is 19.6 Å². The van der Waals surface area contributed by atoms with Gasteiger partial charge in [0.15, 0.2) is 0 Å². The van der Waals surface area contributed by atoms with E-state index in [-0.39, 0.29) is 11.6 Å². The van der Waals surface area contributed by atoms with Crippen LogP contribution in [0.1, 0.15) is 42.9 Å². The third-order valence-corrected chi connectivity index (χ3v) is 9.72. The van der Waals surface area contributed by atoms with E-state index in [2.05, 4.69) is 25.0 Å². The van der Waals surface area contributed by atoms with E-state index in [9.17, 15) is 4.79 Å². The van der Waals surface area contributed by atoms with Gasteiger partial charge in [-0.15, -0.1) is 0 Å². The van der Waals surface area contributed by atoms with Gasteiger partial charge in [-0.3, -0.25) is 4.79 Å². The second kappa shape index (κ2) is 6.80. The average molecular weight is 317 g/mol. The molecular weight excluding hydrogens is 291 g/mol. The van der Waals surface area contributed by atoms with E-state index in [1.165, 1.54) is 25.2 Å². The molecule has 1 amide bonds. The number of carbonyl (C=O) groups is 1. The standard InChI is InChI=1S/C18H25N2OP/c1-5-16(22(4)8-6-7-9-22)18(21)20-17-13(2)10-15(12-19)11-14(17)3/h10-11,16H,5-9H2,1-4H3/p+1. The van der Waals surface area contributed by atoms with Crippen molar-refractivity contribution in [1.29, 1.82) is 5.26 Å². The predicted octanol–water partition coefficient (Wildman–Crippen LogP) is 4.33. The number of amides is 1. The van der Waals surface area contributed by atoms with Gasteiger partial charge in [0.05, 0.1) is 24.0 Å². The first kappa shape index (κ1) is 17.0. The van der Waals surface area contributed by atoms with Crippen LogP contribution >= 0.6 is 7.26 Å². The monoisotopic (exact) mass is 317 g/mol. The molecule has 1 aliphatic rings. The molecule has 2 rings (SSSR count). The van der Waals surface area contributed by atoms with Crippen molar-refractivity contribution in [2.24, 2.45) is 0 Å². The van der Waals surface area contributed by atoms with Gasteiger partial charge in [-0.25, -0.2) is 0 Å². The number of hydrogen-bond donors (Lipinski definition) is 1. The minimum Gasteiger partial charge on any atom is -0.322 e. The van der Waals surface area contributed by atoms with Crippen LogP contribution in [0.25, 0.3) is 0 Å². The molecule has 1 atom stereocenters. The molecule has 0 saturated carbocycles. The largest absolute Gasteiger partial charge is 0.322 e.